The fourth-order valence-electron chi connectivity index (χ4n) is 2.65. The number of esters is 1. The Balaban J connectivity index is 2.65. The molecule has 0 aliphatic rings. The van der Waals surface area contributed by atoms with E-state index in [0.717, 1.165) is 11.3 Å². The van der Waals surface area contributed by atoms with Crippen LogP contribution in [0.1, 0.15) is 12.6 Å². The summed E-state index contributed by atoms with van der Waals surface area (Å²) in [5.41, 5.74) is 2.98. The van der Waals surface area contributed by atoms with Crippen LogP contribution in [0.4, 0.5) is 5.69 Å². The average Bonchev–Trinajstić information content (AvgIpc) is 3.04. The monoisotopic (exact) mass is 352 g/mol. The van der Waals surface area contributed by atoms with Gasteiger partial charge >= 0.3 is 5.97 Å². The molecule has 26 heavy (non-hydrogen) atoms. The second-order valence-corrected chi connectivity index (χ2v) is 5.43. The minimum atomic E-state index is -0.444. The zero-order valence-electron chi connectivity index (χ0n) is 14.7. The van der Waals surface area contributed by atoms with Crippen molar-refractivity contribution in [2.45, 2.75) is 13.5 Å². The Morgan fingerprint density at radius 3 is 2.73 bits per heavy atom. The number of nitro benzene ring substituents is 1. The number of nitrogens with zero attached hydrogens (tertiary/aromatic N) is 2. The van der Waals surface area contributed by atoms with Crippen LogP contribution in [0, 0.1) is 10.1 Å². The first-order valence-electron chi connectivity index (χ1n) is 7.98. The first-order valence-corrected chi connectivity index (χ1v) is 7.98. The molecule has 6 nitrogen and oxygen atoms in total. The van der Waals surface area contributed by atoms with Gasteiger partial charge in [-0.2, -0.15) is 0 Å². The quantitative estimate of drug-likeness (QED) is 0.321. The number of carbonyl (C=O) groups excluding carboxylic acids is 1. The molecule has 0 saturated carbocycles. The number of ether oxygens (including phenoxy) is 1. The molecule has 6 heteroatoms. The molecular formula is C20H20N2O4. The van der Waals surface area contributed by atoms with Crippen LogP contribution in [0.15, 0.2) is 67.3 Å². The molecule has 0 spiro atoms. The van der Waals surface area contributed by atoms with Crippen molar-refractivity contribution in [2.24, 2.45) is 0 Å². The molecule has 0 atom stereocenters. The SMILES string of the molecule is C=C/C=C(\C=C/C)c1ccc(-c2cccc([N+](=O)[O-])c2)n1CC(=O)OC. The standard InChI is InChI=1S/C20H20N2O4/c1-4-7-15(8-5-2)18-11-12-19(21(18)14-20(23)26-3)16-9-6-10-17(13-16)22(24)25/h4-13H,1,14H2,2-3H3/b8-5-,15-7+. The van der Waals surface area contributed by atoms with E-state index >= 15 is 0 Å². The summed E-state index contributed by atoms with van der Waals surface area (Å²) in [4.78, 5) is 22.5. The van der Waals surface area contributed by atoms with Crippen LogP contribution in [0.2, 0.25) is 0 Å². The van der Waals surface area contributed by atoms with Gasteiger partial charge in [-0.3, -0.25) is 14.9 Å². The average molecular weight is 352 g/mol. The van der Waals surface area contributed by atoms with Gasteiger partial charge in [-0.25, -0.2) is 0 Å². The van der Waals surface area contributed by atoms with E-state index in [1.807, 2.05) is 37.3 Å². The predicted octanol–water partition coefficient (Wildman–Crippen LogP) is 4.38. The van der Waals surface area contributed by atoms with Gasteiger partial charge in [0.25, 0.3) is 5.69 Å². The number of hydrogen-bond acceptors (Lipinski definition) is 4. The first kappa shape index (κ1) is 18.9. The Kier molecular flexibility index (Phi) is 6.27. The maximum absolute atomic E-state index is 11.9. The molecule has 0 N–H and O–H groups in total. The Morgan fingerprint density at radius 2 is 2.12 bits per heavy atom. The second kappa shape index (κ2) is 8.62. The molecule has 0 saturated heterocycles. The number of hydrogen-bond donors (Lipinski definition) is 0. The summed E-state index contributed by atoms with van der Waals surface area (Å²) in [6.45, 7) is 5.61. The number of rotatable bonds is 7. The topological polar surface area (TPSA) is 74.4 Å². The highest BCUT2D eigenvalue weighted by atomic mass is 16.6. The second-order valence-electron chi connectivity index (χ2n) is 5.43. The maximum atomic E-state index is 11.9. The summed E-state index contributed by atoms with van der Waals surface area (Å²) in [6, 6.07) is 10.0. The molecule has 0 aliphatic carbocycles. The Morgan fingerprint density at radius 1 is 1.35 bits per heavy atom. The van der Waals surface area contributed by atoms with Gasteiger partial charge in [-0.15, -0.1) is 0 Å². The number of aromatic nitrogens is 1. The third-order valence-corrected chi connectivity index (χ3v) is 3.79. The fourth-order valence-corrected chi connectivity index (χ4v) is 2.65. The Labute approximate surface area is 151 Å². The summed E-state index contributed by atoms with van der Waals surface area (Å²) in [7, 11) is 1.32. The van der Waals surface area contributed by atoms with Crippen LogP contribution in [0.5, 0.6) is 0 Å². The summed E-state index contributed by atoms with van der Waals surface area (Å²) >= 11 is 0. The molecule has 2 aromatic rings. The van der Waals surface area contributed by atoms with Crippen LogP contribution in [0.25, 0.3) is 16.8 Å². The van der Waals surface area contributed by atoms with Gasteiger partial charge in [0, 0.05) is 29.1 Å². The number of methoxy groups -OCH3 is 1. The van der Waals surface area contributed by atoms with Gasteiger partial charge in [-0.05, 0) is 24.6 Å². The van der Waals surface area contributed by atoms with Crippen molar-refractivity contribution in [3.63, 3.8) is 0 Å². The van der Waals surface area contributed by atoms with Crippen molar-refractivity contribution in [3.8, 4) is 11.3 Å². The molecular weight excluding hydrogens is 332 g/mol. The third-order valence-electron chi connectivity index (χ3n) is 3.79. The zero-order valence-corrected chi connectivity index (χ0v) is 14.7. The summed E-state index contributed by atoms with van der Waals surface area (Å²) < 4.78 is 6.58. The maximum Gasteiger partial charge on any atom is 0.325 e. The first-order chi connectivity index (χ1) is 12.5. The van der Waals surface area contributed by atoms with Crippen molar-refractivity contribution >= 4 is 17.2 Å². The molecule has 0 radical (unpaired) electrons. The van der Waals surface area contributed by atoms with Gasteiger partial charge in [-0.1, -0.05) is 43.0 Å². The predicted molar refractivity (Wildman–Crippen MR) is 102 cm³/mol. The lowest BCUT2D eigenvalue weighted by atomic mass is 10.1. The van der Waals surface area contributed by atoms with Crippen LogP contribution < -0.4 is 0 Å². The van der Waals surface area contributed by atoms with E-state index in [0.29, 0.717) is 11.3 Å². The van der Waals surface area contributed by atoms with E-state index in [1.165, 1.54) is 19.2 Å². The van der Waals surface area contributed by atoms with Gasteiger partial charge in [0.05, 0.1) is 12.0 Å². The fraction of sp³-hybridized carbons (Fsp3) is 0.150. The molecule has 1 aromatic carbocycles. The molecule has 134 valence electrons. The smallest absolute Gasteiger partial charge is 0.325 e. The molecule has 1 aromatic heterocycles. The van der Waals surface area contributed by atoms with E-state index in [2.05, 4.69) is 6.58 Å². The van der Waals surface area contributed by atoms with E-state index in [1.54, 1.807) is 22.8 Å². The number of benzene rings is 1. The van der Waals surface area contributed by atoms with Crippen LogP contribution in [-0.2, 0) is 16.1 Å². The third kappa shape index (κ3) is 4.16. The molecule has 0 unspecified atom stereocenters. The summed E-state index contributed by atoms with van der Waals surface area (Å²) in [6.07, 6.45) is 7.29. The largest absolute Gasteiger partial charge is 0.468 e. The Bertz CT molecular complexity index is 891. The molecule has 0 bridgehead atoms. The number of non-ortho nitro benzene ring substituents is 1. The normalized spacial score (nSPS) is 11.5. The molecule has 1 heterocycles. The lowest BCUT2D eigenvalue weighted by Crippen LogP contribution is -2.14. The van der Waals surface area contributed by atoms with E-state index in [-0.39, 0.29) is 12.2 Å². The van der Waals surface area contributed by atoms with Gasteiger partial charge in [0.15, 0.2) is 0 Å². The minimum absolute atomic E-state index is 0.00909. The lowest BCUT2D eigenvalue weighted by Gasteiger charge is -2.13. The van der Waals surface area contributed by atoms with E-state index in [4.69, 9.17) is 4.74 Å². The zero-order chi connectivity index (χ0) is 19.1. The number of allylic oxidation sites excluding steroid dienone is 5. The van der Waals surface area contributed by atoms with Crippen molar-refractivity contribution in [2.75, 3.05) is 7.11 Å². The van der Waals surface area contributed by atoms with Crippen LogP contribution >= 0.6 is 0 Å². The molecule has 0 fully saturated rings. The van der Waals surface area contributed by atoms with E-state index < -0.39 is 10.9 Å². The highest BCUT2D eigenvalue weighted by Gasteiger charge is 2.17. The molecule has 0 amide bonds. The van der Waals surface area contributed by atoms with Crippen molar-refractivity contribution < 1.29 is 14.5 Å². The number of nitro groups is 1. The highest BCUT2D eigenvalue weighted by Crippen LogP contribution is 2.29. The van der Waals surface area contributed by atoms with Crippen LogP contribution in [0.3, 0.4) is 0 Å². The molecule has 2 rings (SSSR count). The summed E-state index contributed by atoms with van der Waals surface area (Å²) in [5, 5.41) is 11.1. The van der Waals surface area contributed by atoms with Gasteiger partial charge < -0.3 is 9.30 Å². The van der Waals surface area contributed by atoms with Gasteiger partial charge in [0.1, 0.15) is 6.54 Å². The van der Waals surface area contributed by atoms with Gasteiger partial charge in [0.2, 0.25) is 0 Å². The van der Waals surface area contributed by atoms with Crippen molar-refractivity contribution in [1.29, 1.82) is 0 Å². The van der Waals surface area contributed by atoms with E-state index in [9.17, 15) is 14.9 Å². The summed E-state index contributed by atoms with van der Waals surface area (Å²) in [5.74, 6) is -0.410. The van der Waals surface area contributed by atoms with Crippen LogP contribution in [-0.4, -0.2) is 22.6 Å². The van der Waals surface area contributed by atoms with Crippen molar-refractivity contribution in [1.82, 2.24) is 4.57 Å². The molecule has 0 aliphatic heterocycles. The lowest BCUT2D eigenvalue weighted by molar-refractivity contribution is -0.384. The number of carbonyl (C=O) groups is 1. The minimum Gasteiger partial charge on any atom is -0.468 e. The van der Waals surface area contributed by atoms with Crippen molar-refractivity contribution in [3.05, 3.63) is 83.1 Å². The Hall–Kier alpha value is -3.41. The highest BCUT2D eigenvalue weighted by molar-refractivity contribution is 5.79.